The number of phenolic OH excluding ortho intramolecular Hbond substituents is 1. The van der Waals surface area contributed by atoms with Crippen LogP contribution >= 0.6 is 0 Å². The van der Waals surface area contributed by atoms with Gasteiger partial charge in [0.1, 0.15) is 5.75 Å². The number of phenols is 1. The van der Waals surface area contributed by atoms with E-state index in [0.717, 1.165) is 44.2 Å². The lowest BCUT2D eigenvalue weighted by molar-refractivity contribution is -0.135. The average Bonchev–Trinajstić information content (AvgIpc) is 2.67. The van der Waals surface area contributed by atoms with Crippen molar-refractivity contribution in [2.75, 3.05) is 6.54 Å². The number of H-pyrrole nitrogens is 1. The Balaban J connectivity index is 1.58. The molecule has 2 aromatic rings. The van der Waals surface area contributed by atoms with Crippen molar-refractivity contribution in [2.24, 2.45) is 0 Å². The number of amides is 1. The highest BCUT2D eigenvalue weighted by molar-refractivity contribution is 5.76. The van der Waals surface area contributed by atoms with Crippen molar-refractivity contribution in [3.05, 3.63) is 62.9 Å². The molecule has 1 aromatic heterocycles. The predicted molar refractivity (Wildman–Crippen MR) is 102 cm³/mol. The fourth-order valence-corrected chi connectivity index (χ4v) is 3.60. The summed E-state index contributed by atoms with van der Waals surface area (Å²) < 4.78 is 1.36. The van der Waals surface area contributed by atoms with Crippen molar-refractivity contribution in [2.45, 2.75) is 51.1 Å². The Kier molecular flexibility index (Phi) is 6.11. The van der Waals surface area contributed by atoms with E-state index in [2.05, 4.69) is 4.98 Å². The van der Waals surface area contributed by atoms with Crippen LogP contribution in [0.15, 0.2) is 46.1 Å². The molecular weight excluding hydrogens is 346 g/mol. The van der Waals surface area contributed by atoms with Gasteiger partial charge < -0.3 is 14.6 Å². The molecular formula is C20H25N3O4. The summed E-state index contributed by atoms with van der Waals surface area (Å²) in [6, 6.07) is 8.67. The van der Waals surface area contributed by atoms with E-state index in [1.807, 2.05) is 17.0 Å². The normalized spacial score (nSPS) is 17.0. The number of hydrogen-bond donors (Lipinski definition) is 2. The second kappa shape index (κ2) is 8.70. The van der Waals surface area contributed by atoms with E-state index < -0.39 is 11.2 Å². The predicted octanol–water partition coefficient (Wildman–Crippen LogP) is 1.65. The van der Waals surface area contributed by atoms with E-state index in [0.29, 0.717) is 0 Å². The lowest BCUT2D eigenvalue weighted by Crippen LogP contribution is -2.44. The number of carbonyl (C=O) groups is 1. The quantitative estimate of drug-likeness (QED) is 0.807. The zero-order valence-electron chi connectivity index (χ0n) is 15.3. The number of aromatic hydroxyl groups is 1. The minimum Gasteiger partial charge on any atom is -0.508 e. The molecule has 1 aliphatic heterocycles. The van der Waals surface area contributed by atoms with E-state index in [-0.39, 0.29) is 30.7 Å². The Morgan fingerprint density at radius 3 is 2.67 bits per heavy atom. The van der Waals surface area contributed by atoms with Gasteiger partial charge in [-0.2, -0.15) is 0 Å². The lowest BCUT2D eigenvalue weighted by atomic mass is 9.95. The number of hydrogen-bond acceptors (Lipinski definition) is 4. The zero-order chi connectivity index (χ0) is 19.2. The first-order valence-corrected chi connectivity index (χ1v) is 9.40. The third-order valence-electron chi connectivity index (χ3n) is 5.11. The Morgan fingerprint density at radius 2 is 1.93 bits per heavy atom. The Labute approximate surface area is 157 Å². The van der Waals surface area contributed by atoms with E-state index in [4.69, 9.17) is 0 Å². The highest BCUT2D eigenvalue weighted by Crippen LogP contribution is 2.23. The lowest BCUT2D eigenvalue weighted by Gasteiger charge is -2.36. The van der Waals surface area contributed by atoms with E-state index in [9.17, 15) is 19.5 Å². The number of aromatic amines is 1. The Bertz CT molecular complexity index is 885. The van der Waals surface area contributed by atoms with E-state index in [1.165, 1.54) is 16.8 Å². The maximum Gasteiger partial charge on any atom is 0.328 e. The van der Waals surface area contributed by atoms with Crippen molar-refractivity contribution in [1.29, 1.82) is 0 Å². The molecule has 1 atom stereocenters. The highest BCUT2D eigenvalue weighted by atomic mass is 16.3. The molecule has 0 aliphatic carbocycles. The summed E-state index contributed by atoms with van der Waals surface area (Å²) in [5.41, 5.74) is 0.219. The van der Waals surface area contributed by atoms with Crippen LogP contribution in [0.2, 0.25) is 0 Å². The molecule has 2 N–H and O–H groups in total. The van der Waals surface area contributed by atoms with Crippen LogP contribution < -0.4 is 11.2 Å². The van der Waals surface area contributed by atoms with Crippen molar-refractivity contribution in [3.63, 3.8) is 0 Å². The van der Waals surface area contributed by atoms with Gasteiger partial charge in [0.2, 0.25) is 5.91 Å². The van der Waals surface area contributed by atoms with Crippen molar-refractivity contribution < 1.29 is 9.90 Å². The van der Waals surface area contributed by atoms with Crippen LogP contribution in [0.1, 0.15) is 37.7 Å². The van der Waals surface area contributed by atoms with E-state index >= 15 is 0 Å². The largest absolute Gasteiger partial charge is 0.508 e. The molecule has 1 aliphatic rings. The SMILES string of the molecule is O=C(CCn1ccc(=O)[nH]c1=O)N1CCCCC1CCc1ccc(O)cc1. The first-order chi connectivity index (χ1) is 13.0. The molecule has 0 bridgehead atoms. The molecule has 144 valence electrons. The molecule has 3 rings (SSSR count). The third-order valence-corrected chi connectivity index (χ3v) is 5.11. The van der Waals surface area contributed by atoms with Crippen LogP contribution in [-0.2, 0) is 17.8 Å². The summed E-state index contributed by atoms with van der Waals surface area (Å²) in [6.07, 6.45) is 6.50. The van der Waals surface area contributed by atoms with Gasteiger partial charge in [0, 0.05) is 37.8 Å². The van der Waals surface area contributed by atoms with Gasteiger partial charge in [-0.15, -0.1) is 0 Å². The number of nitrogens with one attached hydrogen (secondary N) is 1. The number of aryl methyl sites for hydroxylation is 2. The first kappa shape index (κ1) is 18.9. The zero-order valence-corrected chi connectivity index (χ0v) is 15.3. The van der Waals surface area contributed by atoms with Crippen LogP contribution in [0.25, 0.3) is 0 Å². The molecule has 1 unspecified atom stereocenters. The molecule has 7 heteroatoms. The molecule has 2 heterocycles. The fraction of sp³-hybridized carbons (Fsp3) is 0.450. The number of piperidine rings is 1. The summed E-state index contributed by atoms with van der Waals surface area (Å²) in [5, 5.41) is 9.38. The second-order valence-corrected chi connectivity index (χ2v) is 7.00. The van der Waals surface area contributed by atoms with Gasteiger partial charge in [0.05, 0.1) is 0 Å². The minimum absolute atomic E-state index is 0.0449. The maximum atomic E-state index is 12.7. The van der Waals surface area contributed by atoms with Gasteiger partial charge in [-0.05, 0) is 49.8 Å². The molecule has 1 aromatic carbocycles. The van der Waals surface area contributed by atoms with Crippen LogP contribution in [0.5, 0.6) is 5.75 Å². The van der Waals surface area contributed by atoms with Gasteiger partial charge in [-0.25, -0.2) is 4.79 Å². The van der Waals surface area contributed by atoms with E-state index in [1.54, 1.807) is 12.1 Å². The van der Waals surface area contributed by atoms with Gasteiger partial charge in [-0.3, -0.25) is 14.6 Å². The number of benzene rings is 1. The number of nitrogens with zero attached hydrogens (tertiary/aromatic N) is 2. The number of aromatic nitrogens is 2. The van der Waals surface area contributed by atoms with Crippen molar-refractivity contribution >= 4 is 5.91 Å². The van der Waals surface area contributed by atoms with Gasteiger partial charge >= 0.3 is 5.69 Å². The third kappa shape index (κ3) is 5.09. The summed E-state index contributed by atoms with van der Waals surface area (Å²) in [4.78, 5) is 39.7. The molecule has 7 nitrogen and oxygen atoms in total. The molecule has 0 radical (unpaired) electrons. The van der Waals surface area contributed by atoms with Crippen LogP contribution in [0, 0.1) is 0 Å². The van der Waals surface area contributed by atoms with Crippen LogP contribution in [0.4, 0.5) is 0 Å². The smallest absolute Gasteiger partial charge is 0.328 e. The summed E-state index contributed by atoms with van der Waals surface area (Å²) in [5.74, 6) is 0.300. The molecule has 0 saturated carbocycles. The molecule has 1 amide bonds. The first-order valence-electron chi connectivity index (χ1n) is 9.40. The Hall–Kier alpha value is -2.83. The standard InChI is InChI=1S/C20H25N3O4/c24-17-8-5-15(6-9-17)4-7-16-3-1-2-12-23(16)19(26)11-14-22-13-10-18(25)21-20(22)27/h5-6,8-10,13,16,24H,1-4,7,11-12,14H2,(H,21,25,27). The van der Waals surface area contributed by atoms with Crippen molar-refractivity contribution in [3.8, 4) is 5.75 Å². The maximum absolute atomic E-state index is 12.7. The minimum atomic E-state index is -0.488. The number of likely N-dealkylation sites (tertiary alicyclic amines) is 1. The molecule has 1 fully saturated rings. The number of carbonyl (C=O) groups excluding carboxylic acids is 1. The topological polar surface area (TPSA) is 95.4 Å². The van der Waals surface area contributed by atoms with Crippen LogP contribution in [0.3, 0.4) is 0 Å². The van der Waals surface area contributed by atoms with Gasteiger partial charge in [-0.1, -0.05) is 12.1 Å². The molecule has 0 spiro atoms. The van der Waals surface area contributed by atoms with Gasteiger partial charge in [0.25, 0.3) is 5.56 Å². The summed E-state index contributed by atoms with van der Waals surface area (Å²) >= 11 is 0. The average molecular weight is 371 g/mol. The van der Waals surface area contributed by atoms with Gasteiger partial charge in [0.15, 0.2) is 0 Å². The molecule has 1 saturated heterocycles. The Morgan fingerprint density at radius 1 is 1.15 bits per heavy atom. The summed E-state index contributed by atoms with van der Waals surface area (Å²) in [7, 11) is 0. The number of rotatable bonds is 6. The second-order valence-electron chi connectivity index (χ2n) is 7.00. The summed E-state index contributed by atoms with van der Waals surface area (Å²) in [6.45, 7) is 1.01. The fourth-order valence-electron chi connectivity index (χ4n) is 3.60. The molecule has 27 heavy (non-hydrogen) atoms. The highest BCUT2D eigenvalue weighted by Gasteiger charge is 2.26. The van der Waals surface area contributed by atoms with Crippen LogP contribution in [-0.4, -0.2) is 38.1 Å². The van der Waals surface area contributed by atoms with Crippen molar-refractivity contribution in [1.82, 2.24) is 14.5 Å². The monoisotopic (exact) mass is 371 g/mol.